The average Bonchev–Trinajstić information content (AvgIpc) is 2.46. The number of nitriles is 1. The Morgan fingerprint density at radius 1 is 1.14 bits per heavy atom. The number of halogens is 1. The van der Waals surface area contributed by atoms with Crippen molar-refractivity contribution in [3.8, 4) is 17.6 Å². The molecule has 7 heteroatoms. The van der Waals surface area contributed by atoms with Crippen molar-refractivity contribution in [1.29, 1.82) is 5.26 Å². The van der Waals surface area contributed by atoms with Gasteiger partial charge in [-0.15, -0.1) is 0 Å². The monoisotopic (exact) mass is 321 g/mol. The molecule has 0 bridgehead atoms. The van der Waals surface area contributed by atoms with Gasteiger partial charge in [0.25, 0.3) is 0 Å². The number of hydrogen-bond donors (Lipinski definition) is 0. The zero-order chi connectivity index (χ0) is 16.3. The molecule has 0 fully saturated rings. The summed E-state index contributed by atoms with van der Waals surface area (Å²) in [4.78, 5) is -0.565. The van der Waals surface area contributed by atoms with Crippen LogP contribution in [-0.2, 0) is 10.1 Å². The number of nitrogens with zero attached hydrogens (tertiary/aromatic N) is 1. The van der Waals surface area contributed by atoms with E-state index in [1.807, 2.05) is 6.07 Å². The lowest BCUT2D eigenvalue weighted by Crippen LogP contribution is -2.12. The molecule has 2 aromatic rings. The highest BCUT2D eigenvalue weighted by Crippen LogP contribution is 2.31. The Bertz CT molecular complexity index is 856. The summed E-state index contributed by atoms with van der Waals surface area (Å²) in [6.07, 6.45) is 0. The number of ether oxygens (including phenoxy) is 1. The Balaban J connectivity index is 2.43. The summed E-state index contributed by atoms with van der Waals surface area (Å²) < 4.78 is 48.1. The van der Waals surface area contributed by atoms with Gasteiger partial charge in [-0.05, 0) is 36.8 Å². The molecule has 0 saturated heterocycles. The first-order chi connectivity index (χ1) is 10.4. The number of rotatable bonds is 4. The van der Waals surface area contributed by atoms with Gasteiger partial charge in [-0.3, -0.25) is 0 Å². The Morgan fingerprint density at radius 3 is 2.45 bits per heavy atom. The van der Waals surface area contributed by atoms with Crippen LogP contribution >= 0.6 is 0 Å². The van der Waals surface area contributed by atoms with E-state index in [-0.39, 0.29) is 17.1 Å². The second kappa shape index (κ2) is 6.03. The molecule has 2 aromatic carbocycles. The van der Waals surface area contributed by atoms with Gasteiger partial charge in [0.05, 0.1) is 18.7 Å². The zero-order valence-corrected chi connectivity index (χ0v) is 12.6. The van der Waals surface area contributed by atoms with Crippen molar-refractivity contribution >= 4 is 10.1 Å². The quantitative estimate of drug-likeness (QED) is 0.809. The standard InChI is InChI=1S/C15H12FNO4S/c1-10-3-6-15(12(16)7-10)22(18,19)21-13-5-4-11(9-17)8-14(13)20-2/h3-8H,1-2H3. The van der Waals surface area contributed by atoms with Gasteiger partial charge in [-0.25, -0.2) is 4.39 Å². The van der Waals surface area contributed by atoms with Gasteiger partial charge in [0.2, 0.25) is 0 Å². The largest absolute Gasteiger partial charge is 0.493 e. The Hall–Kier alpha value is -2.59. The van der Waals surface area contributed by atoms with Crippen LogP contribution in [0, 0.1) is 24.1 Å². The lowest BCUT2D eigenvalue weighted by atomic mass is 10.2. The summed E-state index contributed by atoms with van der Waals surface area (Å²) in [6.45, 7) is 1.64. The molecule has 22 heavy (non-hydrogen) atoms. The highest BCUT2D eigenvalue weighted by Gasteiger charge is 2.23. The fourth-order valence-electron chi connectivity index (χ4n) is 1.78. The first kappa shape index (κ1) is 15.8. The first-order valence-corrected chi connectivity index (χ1v) is 7.57. The fraction of sp³-hybridized carbons (Fsp3) is 0.133. The summed E-state index contributed by atoms with van der Waals surface area (Å²) in [7, 11) is -3.04. The van der Waals surface area contributed by atoms with Crippen molar-refractivity contribution in [2.75, 3.05) is 7.11 Å². The summed E-state index contributed by atoms with van der Waals surface area (Å²) in [5.41, 5.74) is 0.871. The second-order valence-electron chi connectivity index (χ2n) is 4.45. The van der Waals surface area contributed by atoms with E-state index >= 15 is 0 Å². The van der Waals surface area contributed by atoms with E-state index in [0.717, 1.165) is 12.1 Å². The van der Waals surface area contributed by atoms with Crippen molar-refractivity contribution < 1.29 is 21.7 Å². The molecule has 0 aliphatic rings. The van der Waals surface area contributed by atoms with Gasteiger partial charge >= 0.3 is 10.1 Å². The van der Waals surface area contributed by atoms with E-state index in [0.29, 0.717) is 5.56 Å². The molecule has 0 aromatic heterocycles. The molecule has 0 aliphatic carbocycles. The molecule has 0 N–H and O–H groups in total. The summed E-state index contributed by atoms with van der Waals surface area (Å²) in [6, 6.07) is 9.58. The molecule has 0 heterocycles. The lowest BCUT2D eigenvalue weighted by Gasteiger charge is -2.11. The SMILES string of the molecule is COc1cc(C#N)ccc1OS(=O)(=O)c1ccc(C)cc1F. The molecule has 0 radical (unpaired) electrons. The van der Waals surface area contributed by atoms with Crippen molar-refractivity contribution in [3.05, 3.63) is 53.3 Å². The van der Waals surface area contributed by atoms with E-state index in [2.05, 4.69) is 0 Å². The summed E-state index contributed by atoms with van der Waals surface area (Å²) in [5.74, 6) is -0.954. The number of methoxy groups -OCH3 is 1. The first-order valence-electron chi connectivity index (χ1n) is 6.16. The van der Waals surface area contributed by atoms with Gasteiger partial charge in [0.1, 0.15) is 10.7 Å². The van der Waals surface area contributed by atoms with Crippen LogP contribution in [0.15, 0.2) is 41.3 Å². The van der Waals surface area contributed by atoms with Crippen molar-refractivity contribution in [2.24, 2.45) is 0 Å². The van der Waals surface area contributed by atoms with Gasteiger partial charge in [0, 0.05) is 6.07 Å². The Labute approximate surface area is 127 Å². The van der Waals surface area contributed by atoms with E-state index < -0.39 is 20.8 Å². The van der Waals surface area contributed by atoms with E-state index in [1.54, 1.807) is 6.92 Å². The molecule has 0 aliphatic heterocycles. The summed E-state index contributed by atoms with van der Waals surface area (Å²) in [5, 5.41) is 8.81. The molecule has 0 amide bonds. The Kier molecular flexibility index (Phi) is 4.33. The molecule has 0 saturated carbocycles. The maximum absolute atomic E-state index is 13.8. The minimum Gasteiger partial charge on any atom is -0.493 e. The van der Waals surface area contributed by atoms with Crippen molar-refractivity contribution in [1.82, 2.24) is 0 Å². The van der Waals surface area contributed by atoms with E-state index in [4.69, 9.17) is 14.2 Å². The van der Waals surface area contributed by atoms with Gasteiger partial charge in [-0.2, -0.15) is 13.7 Å². The summed E-state index contributed by atoms with van der Waals surface area (Å²) >= 11 is 0. The molecule has 5 nitrogen and oxygen atoms in total. The third-order valence-electron chi connectivity index (χ3n) is 2.85. The van der Waals surface area contributed by atoms with E-state index in [9.17, 15) is 12.8 Å². The molecule has 114 valence electrons. The zero-order valence-electron chi connectivity index (χ0n) is 11.8. The van der Waals surface area contributed by atoms with Crippen LogP contribution < -0.4 is 8.92 Å². The third kappa shape index (κ3) is 3.18. The van der Waals surface area contributed by atoms with Crippen LogP contribution in [0.2, 0.25) is 0 Å². The molecule has 0 spiro atoms. The van der Waals surface area contributed by atoms with Crippen molar-refractivity contribution in [2.45, 2.75) is 11.8 Å². The molecular formula is C15H12FNO4S. The fourth-order valence-corrected chi connectivity index (χ4v) is 2.77. The maximum atomic E-state index is 13.8. The van der Waals surface area contributed by atoms with Gasteiger partial charge < -0.3 is 8.92 Å². The van der Waals surface area contributed by atoms with Crippen LogP contribution in [-0.4, -0.2) is 15.5 Å². The van der Waals surface area contributed by atoms with Crippen LogP contribution in [0.4, 0.5) is 4.39 Å². The topological polar surface area (TPSA) is 76.4 Å². The predicted molar refractivity (Wildman–Crippen MR) is 76.7 cm³/mol. The molecule has 0 unspecified atom stereocenters. The second-order valence-corrected chi connectivity index (χ2v) is 5.96. The van der Waals surface area contributed by atoms with Crippen LogP contribution in [0.25, 0.3) is 0 Å². The number of benzene rings is 2. The van der Waals surface area contributed by atoms with Crippen LogP contribution in [0.1, 0.15) is 11.1 Å². The molecular weight excluding hydrogens is 309 g/mol. The molecule has 2 rings (SSSR count). The van der Waals surface area contributed by atoms with E-state index in [1.165, 1.54) is 31.4 Å². The van der Waals surface area contributed by atoms with Crippen molar-refractivity contribution in [3.63, 3.8) is 0 Å². The highest BCUT2D eigenvalue weighted by molar-refractivity contribution is 7.87. The van der Waals surface area contributed by atoms with Crippen LogP contribution in [0.3, 0.4) is 0 Å². The minimum atomic E-state index is -4.35. The smallest absolute Gasteiger partial charge is 0.342 e. The van der Waals surface area contributed by atoms with Gasteiger partial charge in [0.15, 0.2) is 11.5 Å². The van der Waals surface area contributed by atoms with Crippen LogP contribution in [0.5, 0.6) is 11.5 Å². The number of aryl methyl sites for hydroxylation is 1. The highest BCUT2D eigenvalue weighted by atomic mass is 32.2. The average molecular weight is 321 g/mol. The lowest BCUT2D eigenvalue weighted by molar-refractivity contribution is 0.389. The normalized spacial score (nSPS) is 10.8. The Morgan fingerprint density at radius 2 is 1.86 bits per heavy atom. The molecule has 0 atom stereocenters. The minimum absolute atomic E-state index is 0.0649. The number of hydrogen-bond acceptors (Lipinski definition) is 5. The maximum Gasteiger partial charge on any atom is 0.342 e. The third-order valence-corrected chi connectivity index (χ3v) is 4.12. The predicted octanol–water partition coefficient (Wildman–Crippen LogP) is 2.78. The van der Waals surface area contributed by atoms with Gasteiger partial charge in [-0.1, -0.05) is 6.07 Å².